The van der Waals surface area contributed by atoms with Crippen LogP contribution in [0.5, 0.6) is 5.75 Å². The normalized spacial score (nSPS) is 21.6. The highest BCUT2D eigenvalue weighted by Gasteiger charge is 2.57. The topological polar surface area (TPSA) is 138 Å². The molecule has 2 N–H and O–H groups in total. The van der Waals surface area contributed by atoms with Crippen LogP contribution >= 0.6 is 0 Å². The first kappa shape index (κ1) is 21.6. The van der Waals surface area contributed by atoms with Gasteiger partial charge in [-0.1, -0.05) is 0 Å². The number of aliphatic hydroxyl groups excluding tert-OH is 1. The van der Waals surface area contributed by atoms with Crippen molar-refractivity contribution in [1.29, 1.82) is 5.26 Å². The van der Waals surface area contributed by atoms with Gasteiger partial charge in [0.1, 0.15) is 53.1 Å². The minimum Gasteiger partial charge on any atom is -0.489 e. The summed E-state index contributed by atoms with van der Waals surface area (Å²) < 4.78 is 25.3. The van der Waals surface area contributed by atoms with Gasteiger partial charge in [-0.2, -0.15) is 5.26 Å². The van der Waals surface area contributed by atoms with E-state index in [9.17, 15) is 24.3 Å². The van der Waals surface area contributed by atoms with Crippen LogP contribution in [0.3, 0.4) is 0 Å². The number of aromatic nitrogens is 2. The minimum atomic E-state index is -1.55. The maximum absolute atomic E-state index is 15.0. The van der Waals surface area contributed by atoms with Crippen LogP contribution in [-0.4, -0.2) is 59.9 Å². The van der Waals surface area contributed by atoms with Crippen LogP contribution in [0.4, 0.5) is 20.8 Å². The molecular weight excluding hydrogens is 421 g/mol. The van der Waals surface area contributed by atoms with Gasteiger partial charge < -0.3 is 14.6 Å². The van der Waals surface area contributed by atoms with E-state index < -0.39 is 23.8 Å². The number of nitrogens with one attached hydrogen (secondary N) is 1. The van der Waals surface area contributed by atoms with Crippen LogP contribution in [0, 0.1) is 11.3 Å². The Balaban J connectivity index is 1.56. The molecule has 11 heteroatoms. The molecule has 0 radical (unpaired) electrons. The molecule has 10 nitrogen and oxygen atoms in total. The lowest BCUT2D eigenvalue weighted by Crippen LogP contribution is -2.60. The first-order valence-corrected chi connectivity index (χ1v) is 9.84. The molecule has 166 valence electrons. The Labute approximate surface area is 182 Å². The highest BCUT2D eigenvalue weighted by molar-refractivity contribution is 6.03. The van der Waals surface area contributed by atoms with Gasteiger partial charge in [0.05, 0.1) is 12.8 Å². The second kappa shape index (κ2) is 8.49. The zero-order valence-electron chi connectivity index (χ0n) is 17.1. The number of rotatable bonds is 7. The molecule has 0 aromatic carbocycles. The van der Waals surface area contributed by atoms with Crippen molar-refractivity contribution >= 4 is 24.0 Å². The fourth-order valence-electron chi connectivity index (χ4n) is 3.89. The van der Waals surface area contributed by atoms with Crippen molar-refractivity contribution in [3.63, 3.8) is 0 Å². The molecule has 2 aromatic heterocycles. The Morgan fingerprint density at radius 3 is 2.97 bits per heavy atom. The molecule has 1 saturated carbocycles. The summed E-state index contributed by atoms with van der Waals surface area (Å²) in [5, 5.41) is 21.6. The lowest BCUT2D eigenvalue weighted by atomic mass is 9.69. The van der Waals surface area contributed by atoms with E-state index in [1.807, 2.05) is 6.07 Å². The maximum atomic E-state index is 15.0. The number of urea groups is 1. The number of amides is 2. The quantitative estimate of drug-likeness (QED) is 0.622. The zero-order valence-corrected chi connectivity index (χ0v) is 17.1. The number of aldehydes is 1. The Morgan fingerprint density at radius 1 is 1.50 bits per heavy atom. The van der Waals surface area contributed by atoms with Crippen molar-refractivity contribution in [3.05, 3.63) is 41.2 Å². The SMILES string of the molecule is COCC(O)COc1cc(NC(=O)N2c3nc(C=O)ccc3C3(F)CC2C3)ncc1C#N. The summed E-state index contributed by atoms with van der Waals surface area (Å²) in [6, 6.07) is 5.19. The number of anilines is 2. The van der Waals surface area contributed by atoms with Crippen LogP contribution in [0.2, 0.25) is 0 Å². The first-order valence-electron chi connectivity index (χ1n) is 9.84. The number of pyridine rings is 2. The third-order valence-electron chi connectivity index (χ3n) is 5.44. The molecule has 2 aliphatic heterocycles. The average molecular weight is 441 g/mol. The molecule has 0 spiro atoms. The van der Waals surface area contributed by atoms with Gasteiger partial charge in [0.2, 0.25) is 0 Å². The summed E-state index contributed by atoms with van der Waals surface area (Å²) in [4.78, 5) is 33.7. The Morgan fingerprint density at radius 2 is 2.28 bits per heavy atom. The van der Waals surface area contributed by atoms with Crippen molar-refractivity contribution in [2.24, 2.45) is 0 Å². The van der Waals surface area contributed by atoms with E-state index in [2.05, 4.69) is 15.3 Å². The molecule has 2 aromatic rings. The third kappa shape index (κ3) is 3.86. The van der Waals surface area contributed by atoms with Crippen LogP contribution in [0.15, 0.2) is 24.4 Å². The van der Waals surface area contributed by atoms with E-state index >= 15 is 0 Å². The van der Waals surface area contributed by atoms with Gasteiger partial charge in [0, 0.05) is 37.6 Å². The number of nitrogens with zero attached hydrogens (tertiary/aromatic N) is 4. The number of carbonyl (C=O) groups is 2. The highest BCUT2D eigenvalue weighted by atomic mass is 19.1. The molecule has 1 unspecified atom stereocenters. The number of alkyl halides is 1. The number of methoxy groups -OCH3 is 1. The average Bonchev–Trinajstić information content (AvgIpc) is 2.76. The van der Waals surface area contributed by atoms with Crippen molar-refractivity contribution in [1.82, 2.24) is 9.97 Å². The molecule has 32 heavy (non-hydrogen) atoms. The van der Waals surface area contributed by atoms with Gasteiger partial charge in [-0.3, -0.25) is 15.0 Å². The van der Waals surface area contributed by atoms with E-state index in [0.717, 1.165) is 0 Å². The predicted molar refractivity (Wildman–Crippen MR) is 109 cm³/mol. The summed E-state index contributed by atoms with van der Waals surface area (Å²) >= 11 is 0. The largest absolute Gasteiger partial charge is 0.489 e. The van der Waals surface area contributed by atoms with Gasteiger partial charge in [0.15, 0.2) is 6.29 Å². The van der Waals surface area contributed by atoms with Crippen molar-refractivity contribution in [3.8, 4) is 11.8 Å². The van der Waals surface area contributed by atoms with E-state index in [0.29, 0.717) is 6.29 Å². The smallest absolute Gasteiger partial charge is 0.328 e. The lowest BCUT2D eigenvalue weighted by Gasteiger charge is -2.52. The second-order valence-corrected chi connectivity index (χ2v) is 7.65. The standard InChI is InChI=1S/C21H20FN5O5/c1-31-10-15(29)11-32-17-4-18(24-8-12(17)7-23)26-20(30)27-14-5-21(22,6-14)16-3-2-13(9-28)25-19(16)27/h2-4,8-9,14-15,29H,5-6,10-11H2,1H3,(H,24,26,30). The van der Waals surface area contributed by atoms with Crippen LogP contribution in [-0.2, 0) is 10.4 Å². The fourth-order valence-corrected chi connectivity index (χ4v) is 3.89. The molecule has 3 aliphatic rings. The van der Waals surface area contributed by atoms with Crippen LogP contribution in [0.25, 0.3) is 0 Å². The maximum Gasteiger partial charge on any atom is 0.328 e. The van der Waals surface area contributed by atoms with Gasteiger partial charge in [-0.05, 0) is 12.1 Å². The van der Waals surface area contributed by atoms with Crippen molar-refractivity contribution in [2.45, 2.75) is 30.7 Å². The lowest BCUT2D eigenvalue weighted by molar-refractivity contribution is 0.0283. The number of ether oxygens (including phenoxy) is 2. The predicted octanol–water partition coefficient (Wildman–Crippen LogP) is 1.93. The molecule has 4 heterocycles. The molecule has 0 saturated heterocycles. The summed E-state index contributed by atoms with van der Waals surface area (Å²) in [6.45, 7) is -0.0728. The van der Waals surface area contributed by atoms with E-state index in [-0.39, 0.29) is 60.3 Å². The monoisotopic (exact) mass is 441 g/mol. The third-order valence-corrected chi connectivity index (χ3v) is 5.44. The minimum absolute atomic E-state index is 0.0537. The van der Waals surface area contributed by atoms with E-state index in [1.54, 1.807) is 0 Å². The van der Waals surface area contributed by atoms with E-state index in [1.165, 1.54) is 36.4 Å². The summed E-state index contributed by atoms with van der Waals surface area (Å²) in [5.41, 5.74) is -1.07. The highest BCUT2D eigenvalue weighted by Crippen LogP contribution is 2.55. The number of halogens is 1. The zero-order chi connectivity index (χ0) is 22.9. The Hall–Kier alpha value is -3.62. The second-order valence-electron chi connectivity index (χ2n) is 7.65. The molecule has 2 bridgehead atoms. The van der Waals surface area contributed by atoms with Crippen molar-refractivity contribution in [2.75, 3.05) is 30.5 Å². The number of nitriles is 1. The first-order chi connectivity index (χ1) is 15.4. The molecule has 1 atom stereocenters. The molecule has 5 rings (SSSR count). The molecule has 1 aliphatic carbocycles. The van der Waals surface area contributed by atoms with Crippen LogP contribution in [0.1, 0.15) is 34.5 Å². The van der Waals surface area contributed by atoms with E-state index in [4.69, 9.17) is 9.47 Å². The van der Waals surface area contributed by atoms with Crippen molar-refractivity contribution < 1.29 is 28.6 Å². The number of aliphatic hydroxyl groups is 1. The van der Waals surface area contributed by atoms with Gasteiger partial charge in [0.25, 0.3) is 0 Å². The summed E-state index contributed by atoms with van der Waals surface area (Å²) in [6.07, 6.45) is 1.15. The Kier molecular flexibility index (Phi) is 5.73. The number of hydrogen-bond donors (Lipinski definition) is 2. The number of carbonyl (C=O) groups excluding carboxylic acids is 2. The Bertz CT molecular complexity index is 1100. The van der Waals surface area contributed by atoms with Gasteiger partial charge >= 0.3 is 6.03 Å². The molecular formula is C21H20FN5O5. The summed E-state index contributed by atoms with van der Waals surface area (Å²) in [5.74, 6) is 0.319. The van der Waals surface area contributed by atoms with Gasteiger partial charge in [-0.25, -0.2) is 19.2 Å². The fraction of sp³-hybridized carbons (Fsp3) is 0.381. The van der Waals surface area contributed by atoms with Gasteiger partial charge in [-0.15, -0.1) is 0 Å². The number of hydrogen-bond acceptors (Lipinski definition) is 8. The molecule has 1 fully saturated rings. The summed E-state index contributed by atoms with van der Waals surface area (Å²) in [7, 11) is 1.44. The molecule has 2 amide bonds. The van der Waals surface area contributed by atoms with Crippen LogP contribution < -0.4 is 15.0 Å².